The van der Waals surface area contributed by atoms with Crippen molar-refractivity contribution in [2.24, 2.45) is 0 Å². The highest BCUT2D eigenvalue weighted by atomic mass is 35.5. The average Bonchev–Trinajstić information content (AvgIpc) is 3.19. The number of carbonyl (C=O) groups is 3. The lowest BCUT2D eigenvalue weighted by molar-refractivity contribution is -0.116. The van der Waals surface area contributed by atoms with Crippen LogP contribution >= 0.6 is 11.6 Å². The van der Waals surface area contributed by atoms with Crippen LogP contribution in [0.1, 0.15) is 47.7 Å². The maximum Gasteiger partial charge on any atom is 0.337 e. The quantitative estimate of drug-likeness (QED) is 0.456. The molecular weight excluding hydrogens is 472 g/mol. The van der Waals surface area contributed by atoms with Crippen molar-refractivity contribution in [3.8, 4) is 0 Å². The number of anilines is 1. The molecule has 0 spiro atoms. The minimum absolute atomic E-state index is 0.0146. The third kappa shape index (κ3) is 5.60. The number of aromatic carboxylic acids is 1. The van der Waals surface area contributed by atoms with Crippen molar-refractivity contribution in [3.63, 3.8) is 0 Å². The van der Waals surface area contributed by atoms with Gasteiger partial charge in [-0.1, -0.05) is 17.7 Å². The maximum absolute atomic E-state index is 13.3. The van der Waals surface area contributed by atoms with Gasteiger partial charge in [0.2, 0.25) is 11.7 Å². The van der Waals surface area contributed by atoms with Crippen molar-refractivity contribution >= 4 is 46.2 Å². The highest BCUT2D eigenvalue weighted by Gasteiger charge is 2.27. The number of likely N-dealkylation sites (tertiary alicyclic amines) is 1. The number of fused-ring (bicyclic) bond motifs is 1. The van der Waals surface area contributed by atoms with Gasteiger partial charge in [-0.25, -0.2) is 14.8 Å². The van der Waals surface area contributed by atoms with Gasteiger partial charge in [0.25, 0.3) is 5.91 Å². The number of carbonyl (C=O) groups excluding carboxylic acids is 2. The molecule has 1 saturated heterocycles. The molecule has 1 fully saturated rings. The number of piperidine rings is 1. The van der Waals surface area contributed by atoms with E-state index < -0.39 is 17.8 Å². The Labute approximate surface area is 207 Å². The first-order valence-electron chi connectivity index (χ1n) is 11.4. The van der Waals surface area contributed by atoms with Crippen LogP contribution in [0.2, 0.25) is 5.02 Å². The number of hydrogen-bond acceptors (Lipinski definition) is 6. The van der Waals surface area contributed by atoms with Gasteiger partial charge in [-0.15, -0.1) is 0 Å². The van der Waals surface area contributed by atoms with Gasteiger partial charge in [-0.2, -0.15) is 0 Å². The molecule has 0 aliphatic carbocycles. The number of hydrogen-bond donors (Lipinski definition) is 3. The van der Waals surface area contributed by atoms with E-state index in [0.717, 1.165) is 25.9 Å². The first kappa shape index (κ1) is 24.6. The fourth-order valence-electron chi connectivity index (χ4n) is 4.24. The Morgan fingerprint density at radius 1 is 1.17 bits per heavy atom. The highest BCUT2D eigenvalue weighted by molar-refractivity contribution is 6.30. The zero-order chi connectivity index (χ0) is 25.1. The Hall–Kier alpha value is -3.50. The number of halogens is 1. The molecule has 1 aliphatic heterocycles. The molecule has 3 N–H and O–H groups in total. The largest absolute Gasteiger partial charge is 0.478 e. The van der Waals surface area contributed by atoms with Crippen molar-refractivity contribution in [2.45, 2.75) is 45.3 Å². The number of benzene rings is 1. The summed E-state index contributed by atoms with van der Waals surface area (Å²) in [4.78, 5) is 48.6. The molecule has 10 nitrogen and oxygen atoms in total. The molecule has 0 saturated carbocycles. The Balaban J connectivity index is 1.60. The zero-order valence-electron chi connectivity index (χ0n) is 19.5. The van der Waals surface area contributed by atoms with E-state index in [-0.39, 0.29) is 29.5 Å². The molecule has 11 heteroatoms. The lowest BCUT2D eigenvalue weighted by atomic mass is 10.0. The smallest absolute Gasteiger partial charge is 0.337 e. The van der Waals surface area contributed by atoms with Crippen LogP contribution in [-0.2, 0) is 11.3 Å². The predicted molar refractivity (Wildman–Crippen MR) is 132 cm³/mol. The second kappa shape index (κ2) is 10.4. The summed E-state index contributed by atoms with van der Waals surface area (Å²) < 4.78 is 1.44. The Morgan fingerprint density at radius 3 is 2.54 bits per heavy atom. The van der Waals surface area contributed by atoms with Crippen LogP contribution < -0.4 is 10.6 Å². The third-order valence-electron chi connectivity index (χ3n) is 6.10. The summed E-state index contributed by atoms with van der Waals surface area (Å²) >= 11 is 5.85. The summed E-state index contributed by atoms with van der Waals surface area (Å²) in [5.41, 5.74) is 0.487. The Kier molecular flexibility index (Phi) is 7.32. The molecular formula is C24H27ClN6O4. The van der Waals surface area contributed by atoms with Crippen LogP contribution in [0.25, 0.3) is 11.0 Å². The molecule has 35 heavy (non-hydrogen) atoms. The second-order valence-corrected chi connectivity index (χ2v) is 9.22. The number of carboxylic acid groups (broad SMARTS) is 1. The second-order valence-electron chi connectivity index (χ2n) is 8.79. The van der Waals surface area contributed by atoms with Crippen molar-refractivity contribution in [3.05, 3.63) is 52.9 Å². The van der Waals surface area contributed by atoms with E-state index >= 15 is 0 Å². The van der Waals surface area contributed by atoms with Crippen LogP contribution in [-0.4, -0.2) is 67.5 Å². The molecule has 0 radical (unpaired) electrons. The van der Waals surface area contributed by atoms with Gasteiger partial charge in [0.1, 0.15) is 17.9 Å². The average molecular weight is 499 g/mol. The fraction of sp³-hybridized carbons (Fsp3) is 0.375. The summed E-state index contributed by atoms with van der Waals surface area (Å²) in [6, 6.07) is 8.19. The van der Waals surface area contributed by atoms with Crippen molar-refractivity contribution in [2.75, 3.05) is 18.4 Å². The summed E-state index contributed by atoms with van der Waals surface area (Å²) in [5, 5.41) is 15.7. The lowest BCUT2D eigenvalue weighted by Crippen LogP contribution is -2.47. The number of carboxylic acids is 1. The lowest BCUT2D eigenvalue weighted by Gasteiger charge is -2.34. The molecule has 2 amide bonds. The molecule has 2 aromatic heterocycles. The van der Waals surface area contributed by atoms with E-state index in [9.17, 15) is 19.5 Å². The van der Waals surface area contributed by atoms with E-state index in [2.05, 4.69) is 39.3 Å². The predicted octanol–water partition coefficient (Wildman–Crippen LogP) is 3.02. The van der Waals surface area contributed by atoms with Crippen molar-refractivity contribution in [1.29, 1.82) is 0 Å². The topological polar surface area (TPSA) is 129 Å². The SMILES string of the molecule is CC(C)N1CCC(NC(=O)c2nc3c(C(=O)O)cccc3n2CC(=O)Nc2ccc(Cl)cn2)CC1. The van der Waals surface area contributed by atoms with Gasteiger partial charge in [0.15, 0.2) is 0 Å². The fourth-order valence-corrected chi connectivity index (χ4v) is 4.35. The number of aromatic nitrogens is 3. The summed E-state index contributed by atoms with van der Waals surface area (Å²) in [6.07, 6.45) is 3.01. The monoisotopic (exact) mass is 498 g/mol. The van der Waals surface area contributed by atoms with Gasteiger partial charge in [-0.05, 0) is 51.0 Å². The Bertz CT molecular complexity index is 1250. The molecule has 1 aliphatic rings. The molecule has 0 bridgehead atoms. The standard InChI is InChI=1S/C24H27ClN6O4/c1-14(2)30-10-8-16(9-11-30)27-23(33)22-29-21-17(24(34)35)4-3-5-18(21)31(22)13-20(32)28-19-7-6-15(25)12-26-19/h3-7,12,14,16H,8-11,13H2,1-2H3,(H,27,33)(H,34,35)(H,26,28,32). The van der Waals surface area contributed by atoms with Crippen LogP contribution in [0.3, 0.4) is 0 Å². The highest BCUT2D eigenvalue weighted by Crippen LogP contribution is 2.22. The molecule has 1 aromatic carbocycles. The van der Waals surface area contributed by atoms with Crippen LogP contribution in [0, 0.1) is 0 Å². The van der Waals surface area contributed by atoms with E-state index in [1.807, 2.05) is 0 Å². The molecule has 0 atom stereocenters. The molecule has 3 heterocycles. The number of imidazole rings is 1. The summed E-state index contributed by atoms with van der Waals surface area (Å²) in [7, 11) is 0. The number of para-hydroxylation sites is 1. The van der Waals surface area contributed by atoms with Gasteiger partial charge < -0.3 is 25.2 Å². The van der Waals surface area contributed by atoms with Crippen LogP contribution in [0.4, 0.5) is 5.82 Å². The number of nitrogens with zero attached hydrogens (tertiary/aromatic N) is 4. The van der Waals surface area contributed by atoms with Crippen LogP contribution in [0.15, 0.2) is 36.5 Å². The number of rotatable bonds is 7. The normalized spacial score (nSPS) is 14.9. The first-order chi connectivity index (χ1) is 16.7. The van der Waals surface area contributed by atoms with Crippen LogP contribution in [0.5, 0.6) is 0 Å². The number of amides is 2. The molecule has 4 rings (SSSR count). The van der Waals surface area contributed by atoms with E-state index in [0.29, 0.717) is 22.4 Å². The minimum atomic E-state index is -1.16. The summed E-state index contributed by atoms with van der Waals surface area (Å²) in [6.45, 7) is 5.79. The minimum Gasteiger partial charge on any atom is -0.478 e. The Morgan fingerprint density at radius 2 is 1.91 bits per heavy atom. The van der Waals surface area contributed by atoms with Gasteiger partial charge in [-0.3, -0.25) is 9.59 Å². The zero-order valence-corrected chi connectivity index (χ0v) is 20.2. The summed E-state index contributed by atoms with van der Waals surface area (Å²) in [5.74, 6) is -1.77. The maximum atomic E-state index is 13.3. The van der Waals surface area contributed by atoms with Crippen molar-refractivity contribution < 1.29 is 19.5 Å². The number of pyridine rings is 1. The molecule has 0 unspecified atom stereocenters. The van der Waals surface area contributed by atoms with Gasteiger partial charge >= 0.3 is 5.97 Å². The van der Waals surface area contributed by atoms with Gasteiger partial charge in [0.05, 0.1) is 16.1 Å². The van der Waals surface area contributed by atoms with E-state index in [4.69, 9.17) is 11.6 Å². The van der Waals surface area contributed by atoms with Gasteiger partial charge in [0, 0.05) is 31.4 Å². The molecule has 3 aromatic rings. The molecule has 184 valence electrons. The first-order valence-corrected chi connectivity index (χ1v) is 11.8. The van der Waals surface area contributed by atoms with E-state index in [1.54, 1.807) is 24.3 Å². The van der Waals surface area contributed by atoms with E-state index in [1.165, 1.54) is 16.8 Å². The van der Waals surface area contributed by atoms with Crippen molar-refractivity contribution in [1.82, 2.24) is 24.8 Å². The third-order valence-corrected chi connectivity index (χ3v) is 6.33. The number of nitrogens with one attached hydrogen (secondary N) is 2.